The molecule has 0 bridgehead atoms. The van der Waals surface area contributed by atoms with Crippen molar-refractivity contribution < 1.29 is 58.2 Å². The van der Waals surface area contributed by atoms with Crippen molar-refractivity contribution >= 4 is 23.5 Å². The van der Waals surface area contributed by atoms with Crippen LogP contribution in [0.15, 0.2) is 30.3 Å². The Morgan fingerprint density at radius 1 is 1.00 bits per heavy atom. The molecule has 2 unspecified atom stereocenters. The van der Waals surface area contributed by atoms with Crippen molar-refractivity contribution in [2.45, 2.75) is 134 Å². The van der Waals surface area contributed by atoms with E-state index in [1.165, 1.54) is 27.9 Å². The van der Waals surface area contributed by atoms with Crippen LogP contribution < -0.4 is 0 Å². The predicted octanol–water partition coefficient (Wildman–Crippen LogP) is 2.70. The second kappa shape index (κ2) is 16.3. The molecule has 1 aromatic carbocycles. The minimum absolute atomic E-state index is 0.00685. The molecule has 0 aliphatic carbocycles. The number of ether oxygens (including phenoxy) is 5. The molecule has 3 N–H and O–H groups in total. The maximum absolute atomic E-state index is 14.2. The molecule has 50 heavy (non-hydrogen) atoms. The van der Waals surface area contributed by atoms with Gasteiger partial charge in [-0.1, -0.05) is 45.9 Å². The molecule has 1 aromatic rings. The summed E-state index contributed by atoms with van der Waals surface area (Å²) in [6, 6.07) is 8.06. The van der Waals surface area contributed by atoms with Gasteiger partial charge in [-0.2, -0.15) is 0 Å². The third-order valence-electron chi connectivity index (χ3n) is 10.6. The second-order valence-corrected chi connectivity index (χ2v) is 14.9. The van der Waals surface area contributed by atoms with Gasteiger partial charge in [0, 0.05) is 24.9 Å². The van der Waals surface area contributed by atoms with Crippen molar-refractivity contribution in [3.05, 3.63) is 35.9 Å². The van der Waals surface area contributed by atoms with Crippen LogP contribution in [0.5, 0.6) is 0 Å². The lowest BCUT2D eigenvalue weighted by atomic mass is 9.73. The minimum atomic E-state index is -2.73. The minimum Gasteiger partial charge on any atom is -0.457 e. The van der Waals surface area contributed by atoms with E-state index >= 15 is 0 Å². The molecule has 2 aliphatic rings. The number of methoxy groups -OCH3 is 1. The summed E-state index contributed by atoms with van der Waals surface area (Å²) in [5.41, 5.74) is -5.98. The Bertz CT molecular complexity index is 1350. The fourth-order valence-corrected chi connectivity index (χ4v) is 7.33. The lowest BCUT2D eigenvalue weighted by Crippen LogP contribution is -2.62. The van der Waals surface area contributed by atoms with Gasteiger partial charge < -0.3 is 43.9 Å². The summed E-state index contributed by atoms with van der Waals surface area (Å²) in [7, 11) is 5.06. The van der Waals surface area contributed by atoms with Crippen LogP contribution in [-0.4, -0.2) is 125 Å². The number of Topliss-reactive ketones (excluding diaryl/α,β-unsaturated/α-hetero) is 2. The van der Waals surface area contributed by atoms with Gasteiger partial charge in [-0.3, -0.25) is 9.59 Å². The van der Waals surface area contributed by atoms with Crippen molar-refractivity contribution in [3.8, 4) is 0 Å². The van der Waals surface area contributed by atoms with Gasteiger partial charge in [-0.05, 0) is 73.2 Å². The van der Waals surface area contributed by atoms with Gasteiger partial charge in [0.25, 0.3) is 0 Å². The van der Waals surface area contributed by atoms with Crippen molar-refractivity contribution in [1.29, 1.82) is 0 Å². The summed E-state index contributed by atoms with van der Waals surface area (Å²) in [6.45, 7) is 11.9. The number of likely N-dealkylation sites (N-methyl/N-ethyl adjacent to an activating group) is 1. The van der Waals surface area contributed by atoms with E-state index in [1.807, 2.05) is 25.9 Å². The average Bonchev–Trinajstić information content (AvgIpc) is 3.07. The Morgan fingerprint density at radius 2 is 1.60 bits per heavy atom. The molecule has 13 nitrogen and oxygen atoms in total. The zero-order valence-electron chi connectivity index (χ0n) is 31.2. The summed E-state index contributed by atoms with van der Waals surface area (Å²) in [6.07, 6.45) is -6.52. The molecule has 2 fully saturated rings. The lowest BCUT2D eigenvalue weighted by molar-refractivity contribution is -0.295. The average molecular weight is 708 g/mol. The smallest absolute Gasteiger partial charge is 0.346 e. The van der Waals surface area contributed by atoms with E-state index < -0.39 is 88.8 Å². The number of aliphatic hydroxyl groups excluding tert-OH is 1. The zero-order chi connectivity index (χ0) is 37.9. The van der Waals surface area contributed by atoms with Gasteiger partial charge in [0.1, 0.15) is 17.5 Å². The first-order valence-electron chi connectivity index (χ1n) is 17.3. The van der Waals surface area contributed by atoms with Gasteiger partial charge in [-0.25, -0.2) is 9.59 Å². The summed E-state index contributed by atoms with van der Waals surface area (Å²) in [5, 5.41) is 34.1. The highest BCUT2D eigenvalue weighted by molar-refractivity contribution is 6.07. The summed E-state index contributed by atoms with van der Waals surface area (Å²) < 4.78 is 30.6. The van der Waals surface area contributed by atoms with E-state index in [0.29, 0.717) is 12.0 Å². The molecular formula is C37H57NO12. The van der Waals surface area contributed by atoms with Crippen LogP contribution in [0.25, 0.3) is 0 Å². The third-order valence-corrected chi connectivity index (χ3v) is 10.6. The highest BCUT2D eigenvalue weighted by atomic mass is 16.7. The molecule has 0 radical (unpaired) electrons. The maximum atomic E-state index is 14.2. The van der Waals surface area contributed by atoms with E-state index in [-0.39, 0.29) is 25.0 Å². The molecule has 2 heterocycles. The van der Waals surface area contributed by atoms with Gasteiger partial charge in [0.05, 0.1) is 35.5 Å². The molecule has 0 saturated carbocycles. The molecule has 0 aromatic heterocycles. The largest absolute Gasteiger partial charge is 0.457 e. The van der Waals surface area contributed by atoms with Crippen molar-refractivity contribution in [3.63, 3.8) is 0 Å². The maximum Gasteiger partial charge on any atom is 0.346 e. The van der Waals surface area contributed by atoms with E-state index in [1.54, 1.807) is 51.1 Å². The van der Waals surface area contributed by atoms with Crippen LogP contribution in [-0.2, 0) is 38.1 Å². The number of aliphatic hydroxyl groups is 3. The molecular weight excluding hydrogens is 650 g/mol. The normalized spacial score (nSPS) is 41.0. The highest BCUT2D eigenvalue weighted by Crippen LogP contribution is 2.39. The number of nitrogens with zero attached hydrogens (tertiary/aromatic N) is 1. The van der Waals surface area contributed by atoms with Crippen LogP contribution in [0.3, 0.4) is 0 Å². The number of carbonyl (C=O) groups is 4. The van der Waals surface area contributed by atoms with E-state index in [2.05, 4.69) is 0 Å². The number of esters is 2. The summed E-state index contributed by atoms with van der Waals surface area (Å²) in [5.74, 6) is -6.55. The SMILES string of the molecule is CC[C@H]1OC(=O)C(C)(O)C(=O)[C@H](C)[C@@H](OC2O[C@H](C)C[C@H](N(C)C)[C@H]2OC(=O)c2ccccc2)[C@@](C)(OC)C[C@@H](C)C(=O)[C@H](C)[C@@H](O)[C@]1(C)O. The Labute approximate surface area is 295 Å². The quantitative estimate of drug-likeness (QED) is 0.279. The fraction of sp³-hybridized carbons (Fsp3) is 0.730. The summed E-state index contributed by atoms with van der Waals surface area (Å²) >= 11 is 0. The molecule has 2 saturated heterocycles. The zero-order valence-corrected chi connectivity index (χ0v) is 31.2. The Morgan fingerprint density at radius 3 is 2.14 bits per heavy atom. The number of benzene rings is 1. The Kier molecular flexibility index (Phi) is 13.5. The topological polar surface area (TPSA) is 178 Å². The second-order valence-electron chi connectivity index (χ2n) is 14.9. The van der Waals surface area contributed by atoms with Crippen LogP contribution in [0, 0.1) is 17.8 Å². The van der Waals surface area contributed by atoms with Crippen molar-refractivity contribution in [2.24, 2.45) is 17.8 Å². The number of carbonyl (C=O) groups excluding carboxylic acids is 4. The monoisotopic (exact) mass is 707 g/mol. The van der Waals surface area contributed by atoms with Gasteiger partial charge in [0.2, 0.25) is 5.60 Å². The van der Waals surface area contributed by atoms with Gasteiger partial charge >= 0.3 is 11.9 Å². The number of rotatable bonds is 7. The molecule has 2 aliphatic heterocycles. The predicted molar refractivity (Wildman–Crippen MR) is 182 cm³/mol. The first kappa shape index (κ1) is 41.6. The third kappa shape index (κ3) is 8.63. The number of ketones is 2. The standard InChI is InChI=1S/C37H57NO12/c1-12-26-36(7,44)29(40)22(4)27(39)20(2)19-35(6,46-11)31(23(5)30(41)37(8,45)34(43)48-26)50-33-28(25(38(9)10)18-21(3)47-33)49-32(42)24-16-14-13-15-17-24/h13-17,20-23,25-26,28-29,31,33,40,44-45H,12,18-19H2,1-11H3/t20-,21-,22+,23+,25+,26-,28-,29-,31-,33?,35+,36-,37?/m1/s1. The number of hydrogen-bond donors (Lipinski definition) is 3. The molecule has 13 heteroatoms. The van der Waals surface area contributed by atoms with Crippen molar-refractivity contribution in [1.82, 2.24) is 4.90 Å². The van der Waals surface area contributed by atoms with Crippen molar-refractivity contribution in [2.75, 3.05) is 21.2 Å². The molecule has 13 atom stereocenters. The first-order valence-corrected chi connectivity index (χ1v) is 17.3. The first-order chi connectivity index (χ1) is 23.1. The fourth-order valence-electron chi connectivity index (χ4n) is 7.33. The highest BCUT2D eigenvalue weighted by Gasteiger charge is 2.55. The number of hydrogen-bond acceptors (Lipinski definition) is 13. The van der Waals surface area contributed by atoms with Gasteiger partial charge in [-0.15, -0.1) is 0 Å². The number of cyclic esters (lactones) is 1. The molecule has 0 amide bonds. The van der Waals surface area contributed by atoms with Crippen LogP contribution in [0.2, 0.25) is 0 Å². The lowest BCUT2D eigenvalue weighted by Gasteiger charge is -2.48. The van der Waals surface area contributed by atoms with Crippen LogP contribution >= 0.6 is 0 Å². The van der Waals surface area contributed by atoms with E-state index in [9.17, 15) is 34.5 Å². The van der Waals surface area contributed by atoms with Crippen LogP contribution in [0.1, 0.15) is 85.0 Å². The summed E-state index contributed by atoms with van der Waals surface area (Å²) in [4.78, 5) is 56.8. The molecule has 3 rings (SSSR count). The van der Waals surface area contributed by atoms with Gasteiger partial charge in [0.15, 0.2) is 18.2 Å². The Balaban J connectivity index is 2.16. The molecule has 0 spiro atoms. The Hall–Kier alpha value is -2.78. The van der Waals surface area contributed by atoms with E-state index in [4.69, 9.17) is 23.7 Å². The van der Waals surface area contributed by atoms with E-state index in [0.717, 1.165) is 6.92 Å². The molecule has 282 valence electrons. The van der Waals surface area contributed by atoms with Crippen LogP contribution in [0.4, 0.5) is 0 Å².